The van der Waals surface area contributed by atoms with Crippen molar-refractivity contribution < 1.29 is 10.3 Å². The molecule has 0 fully saturated rings. The third kappa shape index (κ3) is 2.56. The van der Waals surface area contributed by atoms with E-state index in [1.165, 1.54) is 13.8 Å². The molecule has 5 N–H and O–H groups in total. The SMILES string of the molecule is CC(=O)Nc1c(C)[nH]c(=O)[nH]c1=O.O. The minimum Gasteiger partial charge on any atom is -0.412 e. The van der Waals surface area contributed by atoms with Crippen LogP contribution in [0.4, 0.5) is 5.69 Å². The summed E-state index contributed by atoms with van der Waals surface area (Å²) >= 11 is 0. The molecule has 1 heterocycles. The molecule has 1 amide bonds. The topological polar surface area (TPSA) is 126 Å². The number of carbonyl (C=O) groups excluding carboxylic acids is 1. The average molecular weight is 201 g/mol. The molecule has 0 spiro atoms. The van der Waals surface area contributed by atoms with Crippen molar-refractivity contribution >= 4 is 11.6 Å². The van der Waals surface area contributed by atoms with Gasteiger partial charge in [0.25, 0.3) is 5.56 Å². The fourth-order valence-electron chi connectivity index (χ4n) is 0.927. The van der Waals surface area contributed by atoms with Gasteiger partial charge < -0.3 is 15.8 Å². The Bertz CT molecular complexity index is 445. The summed E-state index contributed by atoms with van der Waals surface area (Å²) in [6.45, 7) is 2.81. The highest BCUT2D eigenvalue weighted by atomic mass is 16.2. The Morgan fingerprint density at radius 3 is 2.29 bits per heavy atom. The summed E-state index contributed by atoms with van der Waals surface area (Å²) in [6.07, 6.45) is 0. The number of aromatic amines is 2. The summed E-state index contributed by atoms with van der Waals surface area (Å²) in [5, 5.41) is 2.32. The quantitative estimate of drug-likeness (QED) is 0.512. The van der Waals surface area contributed by atoms with Gasteiger partial charge >= 0.3 is 5.69 Å². The molecule has 0 aliphatic rings. The van der Waals surface area contributed by atoms with Gasteiger partial charge in [-0.05, 0) is 6.92 Å². The zero-order valence-corrected chi connectivity index (χ0v) is 7.72. The van der Waals surface area contributed by atoms with E-state index >= 15 is 0 Å². The van der Waals surface area contributed by atoms with E-state index in [4.69, 9.17) is 0 Å². The second-order valence-corrected chi connectivity index (χ2v) is 2.59. The molecule has 0 saturated carbocycles. The molecule has 14 heavy (non-hydrogen) atoms. The minimum atomic E-state index is -0.601. The molecule has 0 bridgehead atoms. The van der Waals surface area contributed by atoms with Crippen LogP contribution in [0.25, 0.3) is 0 Å². The Hall–Kier alpha value is -1.89. The highest BCUT2D eigenvalue weighted by Crippen LogP contribution is 2.00. The molecular formula is C7H11N3O4. The Morgan fingerprint density at radius 1 is 1.29 bits per heavy atom. The van der Waals surface area contributed by atoms with Crippen molar-refractivity contribution in [2.45, 2.75) is 13.8 Å². The lowest BCUT2D eigenvalue weighted by Crippen LogP contribution is -2.27. The van der Waals surface area contributed by atoms with E-state index in [1.54, 1.807) is 0 Å². The first-order valence-corrected chi connectivity index (χ1v) is 3.61. The van der Waals surface area contributed by atoms with Crippen LogP contribution >= 0.6 is 0 Å². The Kier molecular flexibility index (Phi) is 3.78. The van der Waals surface area contributed by atoms with Crippen LogP contribution in [0.15, 0.2) is 9.59 Å². The van der Waals surface area contributed by atoms with Crippen LogP contribution < -0.4 is 16.6 Å². The van der Waals surface area contributed by atoms with E-state index < -0.39 is 11.2 Å². The predicted molar refractivity (Wildman–Crippen MR) is 50.3 cm³/mol. The lowest BCUT2D eigenvalue weighted by Gasteiger charge is -2.02. The number of anilines is 1. The van der Waals surface area contributed by atoms with Crippen molar-refractivity contribution in [1.29, 1.82) is 0 Å². The monoisotopic (exact) mass is 201 g/mol. The van der Waals surface area contributed by atoms with E-state index in [-0.39, 0.29) is 17.1 Å². The van der Waals surface area contributed by atoms with Gasteiger partial charge in [-0.1, -0.05) is 0 Å². The number of aryl methyl sites for hydroxylation is 1. The summed E-state index contributed by atoms with van der Waals surface area (Å²) in [7, 11) is 0. The van der Waals surface area contributed by atoms with Crippen LogP contribution in [0.3, 0.4) is 0 Å². The van der Waals surface area contributed by atoms with Crippen LogP contribution in [-0.2, 0) is 4.79 Å². The molecule has 0 atom stereocenters. The molecular weight excluding hydrogens is 190 g/mol. The number of H-pyrrole nitrogens is 2. The number of amides is 1. The molecule has 0 aliphatic heterocycles. The molecule has 0 unspecified atom stereocenters. The molecule has 0 aromatic carbocycles. The lowest BCUT2D eigenvalue weighted by molar-refractivity contribution is -0.114. The number of nitrogens with one attached hydrogen (secondary N) is 3. The van der Waals surface area contributed by atoms with Crippen LogP contribution in [0.5, 0.6) is 0 Å². The fraction of sp³-hybridized carbons (Fsp3) is 0.286. The van der Waals surface area contributed by atoms with Crippen LogP contribution in [0.1, 0.15) is 12.6 Å². The van der Waals surface area contributed by atoms with E-state index in [1.807, 2.05) is 4.98 Å². The first-order chi connectivity index (χ1) is 6.00. The molecule has 0 aliphatic carbocycles. The van der Waals surface area contributed by atoms with Crippen molar-refractivity contribution in [3.8, 4) is 0 Å². The minimum absolute atomic E-state index is 0. The number of carbonyl (C=O) groups is 1. The van der Waals surface area contributed by atoms with Gasteiger partial charge in [0.1, 0.15) is 5.69 Å². The van der Waals surface area contributed by atoms with Crippen molar-refractivity contribution in [3.05, 3.63) is 26.5 Å². The predicted octanol–water partition coefficient (Wildman–Crippen LogP) is -1.49. The van der Waals surface area contributed by atoms with Gasteiger partial charge in [0, 0.05) is 12.6 Å². The van der Waals surface area contributed by atoms with Gasteiger partial charge in [0.05, 0.1) is 0 Å². The summed E-state index contributed by atoms with van der Waals surface area (Å²) in [5.41, 5.74) is -0.774. The Balaban J connectivity index is 0.00000169. The van der Waals surface area contributed by atoms with Gasteiger partial charge in [-0.15, -0.1) is 0 Å². The number of rotatable bonds is 1. The van der Waals surface area contributed by atoms with Gasteiger partial charge in [-0.25, -0.2) is 4.79 Å². The van der Waals surface area contributed by atoms with Gasteiger partial charge in [0.2, 0.25) is 5.91 Å². The molecule has 1 rings (SSSR count). The zero-order chi connectivity index (χ0) is 10.0. The molecule has 0 radical (unpaired) electrons. The average Bonchev–Trinajstić information content (AvgIpc) is 1.96. The molecule has 1 aromatic rings. The van der Waals surface area contributed by atoms with Crippen LogP contribution in [0.2, 0.25) is 0 Å². The first-order valence-electron chi connectivity index (χ1n) is 3.61. The summed E-state index contributed by atoms with van der Waals surface area (Å²) < 4.78 is 0. The van der Waals surface area contributed by atoms with E-state index in [0.717, 1.165) is 0 Å². The molecule has 0 saturated heterocycles. The van der Waals surface area contributed by atoms with E-state index in [2.05, 4.69) is 10.3 Å². The smallest absolute Gasteiger partial charge is 0.326 e. The summed E-state index contributed by atoms with van der Waals surface area (Å²) in [4.78, 5) is 36.8. The highest BCUT2D eigenvalue weighted by Gasteiger charge is 2.05. The van der Waals surface area contributed by atoms with Crippen molar-refractivity contribution in [2.75, 3.05) is 5.32 Å². The molecule has 78 valence electrons. The van der Waals surface area contributed by atoms with Gasteiger partial charge in [0.15, 0.2) is 0 Å². The second-order valence-electron chi connectivity index (χ2n) is 2.59. The Morgan fingerprint density at radius 2 is 1.86 bits per heavy atom. The summed E-state index contributed by atoms with van der Waals surface area (Å²) in [6, 6.07) is 0. The Labute approximate surface area is 78.5 Å². The normalized spacial score (nSPS) is 9.00. The maximum atomic E-state index is 11.1. The lowest BCUT2D eigenvalue weighted by atomic mass is 10.3. The standard InChI is InChI=1S/C7H9N3O3.H2O/c1-3-5(9-4(2)11)6(12)10-7(13)8-3;/h1-2H3,(H,9,11)(H2,8,10,12,13);1H2. The van der Waals surface area contributed by atoms with Crippen molar-refractivity contribution in [2.24, 2.45) is 0 Å². The summed E-state index contributed by atoms with van der Waals surface area (Å²) in [5.74, 6) is -0.361. The van der Waals surface area contributed by atoms with Gasteiger partial charge in [-0.2, -0.15) is 0 Å². The van der Waals surface area contributed by atoms with Crippen molar-refractivity contribution in [3.63, 3.8) is 0 Å². The number of hydrogen-bond donors (Lipinski definition) is 3. The fourth-order valence-corrected chi connectivity index (χ4v) is 0.927. The second kappa shape index (κ2) is 4.38. The largest absolute Gasteiger partial charge is 0.412 e. The highest BCUT2D eigenvalue weighted by molar-refractivity contribution is 5.88. The van der Waals surface area contributed by atoms with Gasteiger partial charge in [-0.3, -0.25) is 14.6 Å². The first kappa shape index (κ1) is 12.1. The van der Waals surface area contributed by atoms with E-state index in [0.29, 0.717) is 5.69 Å². The molecule has 7 nitrogen and oxygen atoms in total. The third-order valence-electron chi connectivity index (χ3n) is 1.43. The zero-order valence-electron chi connectivity index (χ0n) is 7.72. The number of hydrogen-bond acceptors (Lipinski definition) is 3. The number of aromatic nitrogens is 2. The van der Waals surface area contributed by atoms with Crippen LogP contribution in [-0.4, -0.2) is 21.4 Å². The van der Waals surface area contributed by atoms with E-state index in [9.17, 15) is 14.4 Å². The maximum absolute atomic E-state index is 11.1. The maximum Gasteiger partial charge on any atom is 0.326 e. The molecule has 1 aromatic heterocycles. The van der Waals surface area contributed by atoms with Crippen molar-refractivity contribution in [1.82, 2.24) is 9.97 Å². The molecule has 7 heteroatoms. The van der Waals surface area contributed by atoms with Crippen LogP contribution in [0, 0.1) is 6.92 Å². The third-order valence-corrected chi connectivity index (χ3v) is 1.43.